The molecule has 3 N–H and O–H groups in total. The van der Waals surface area contributed by atoms with Crippen LogP contribution in [0.25, 0.3) is 0 Å². The Morgan fingerprint density at radius 3 is 2.61 bits per heavy atom. The third-order valence-electron chi connectivity index (χ3n) is 2.45. The molecule has 94 valence electrons. The van der Waals surface area contributed by atoms with Crippen molar-refractivity contribution < 1.29 is 9.42 Å². The highest BCUT2D eigenvalue weighted by Crippen LogP contribution is 2.16. The standard InChI is InChI=1S/C11H11ClN4O2/c1-6(7-2-4-8(12)5-3-7)14-11(17)9-10(13)16-18-15-9/h2-6H,1H3,(H2,13,16)(H,14,17)/t6-/m0/s1. The number of amides is 1. The van der Waals surface area contributed by atoms with E-state index >= 15 is 0 Å². The van der Waals surface area contributed by atoms with E-state index in [1.165, 1.54) is 0 Å². The molecule has 0 bridgehead atoms. The van der Waals surface area contributed by atoms with Crippen molar-refractivity contribution >= 4 is 23.3 Å². The number of nitrogen functional groups attached to an aromatic ring is 1. The molecule has 0 unspecified atom stereocenters. The number of anilines is 1. The van der Waals surface area contributed by atoms with Gasteiger partial charge in [-0.2, -0.15) is 0 Å². The molecule has 0 aliphatic heterocycles. The second-order valence-corrected chi connectivity index (χ2v) is 4.18. The van der Waals surface area contributed by atoms with Crippen molar-refractivity contribution in [2.45, 2.75) is 13.0 Å². The van der Waals surface area contributed by atoms with Gasteiger partial charge in [-0.05, 0) is 34.9 Å². The normalized spacial score (nSPS) is 12.1. The molecule has 0 fully saturated rings. The fraction of sp³-hybridized carbons (Fsp3) is 0.182. The lowest BCUT2D eigenvalue weighted by Crippen LogP contribution is -2.27. The molecule has 1 heterocycles. The molecule has 1 aromatic heterocycles. The van der Waals surface area contributed by atoms with Gasteiger partial charge in [-0.25, -0.2) is 4.63 Å². The maximum Gasteiger partial charge on any atom is 0.277 e. The molecule has 2 aromatic rings. The van der Waals surface area contributed by atoms with Crippen LogP contribution in [0.5, 0.6) is 0 Å². The highest BCUT2D eigenvalue weighted by Gasteiger charge is 2.18. The number of rotatable bonds is 3. The Bertz CT molecular complexity index is 552. The lowest BCUT2D eigenvalue weighted by Gasteiger charge is -2.13. The molecule has 18 heavy (non-hydrogen) atoms. The summed E-state index contributed by atoms with van der Waals surface area (Å²) in [5, 5.41) is 10.2. The summed E-state index contributed by atoms with van der Waals surface area (Å²) >= 11 is 5.79. The number of carbonyl (C=O) groups excluding carboxylic acids is 1. The number of aromatic nitrogens is 2. The number of nitrogens with one attached hydrogen (secondary N) is 1. The van der Waals surface area contributed by atoms with E-state index in [1.807, 2.05) is 19.1 Å². The SMILES string of the molecule is C[C@H](NC(=O)c1nonc1N)c1ccc(Cl)cc1. The maximum absolute atomic E-state index is 11.8. The second kappa shape index (κ2) is 5.05. The van der Waals surface area contributed by atoms with Gasteiger partial charge < -0.3 is 11.1 Å². The van der Waals surface area contributed by atoms with Gasteiger partial charge in [0, 0.05) is 5.02 Å². The van der Waals surface area contributed by atoms with E-state index in [-0.39, 0.29) is 17.6 Å². The minimum absolute atomic E-state index is 0.0178. The van der Waals surface area contributed by atoms with Crippen LogP contribution in [-0.4, -0.2) is 16.2 Å². The number of nitrogens with two attached hydrogens (primary N) is 1. The van der Waals surface area contributed by atoms with Crippen LogP contribution in [0.4, 0.5) is 5.82 Å². The molecule has 7 heteroatoms. The van der Waals surface area contributed by atoms with Crippen LogP contribution in [0, 0.1) is 0 Å². The van der Waals surface area contributed by atoms with E-state index in [9.17, 15) is 4.79 Å². The average molecular weight is 267 g/mol. The third-order valence-corrected chi connectivity index (χ3v) is 2.70. The summed E-state index contributed by atoms with van der Waals surface area (Å²) < 4.78 is 4.37. The summed E-state index contributed by atoms with van der Waals surface area (Å²) in [5.74, 6) is -0.466. The molecule has 1 amide bonds. The minimum Gasteiger partial charge on any atom is -0.379 e. The molecular formula is C11H11ClN4O2. The van der Waals surface area contributed by atoms with Gasteiger partial charge in [-0.3, -0.25) is 4.79 Å². The molecule has 0 spiro atoms. The van der Waals surface area contributed by atoms with Crippen molar-refractivity contribution in [3.8, 4) is 0 Å². The molecule has 0 aliphatic rings. The molecule has 1 aromatic carbocycles. The van der Waals surface area contributed by atoms with Crippen LogP contribution in [0.1, 0.15) is 29.0 Å². The van der Waals surface area contributed by atoms with Crippen LogP contribution in [-0.2, 0) is 0 Å². The number of benzene rings is 1. The second-order valence-electron chi connectivity index (χ2n) is 3.74. The maximum atomic E-state index is 11.8. The van der Waals surface area contributed by atoms with Gasteiger partial charge in [0.25, 0.3) is 5.91 Å². The fourth-order valence-corrected chi connectivity index (χ4v) is 1.58. The largest absolute Gasteiger partial charge is 0.379 e. The predicted octanol–water partition coefficient (Wildman–Crippen LogP) is 1.80. The molecule has 0 saturated heterocycles. The summed E-state index contributed by atoms with van der Waals surface area (Å²) in [4.78, 5) is 11.8. The molecule has 6 nitrogen and oxygen atoms in total. The first kappa shape index (κ1) is 12.4. The third kappa shape index (κ3) is 2.60. The Kier molecular flexibility index (Phi) is 3.47. The quantitative estimate of drug-likeness (QED) is 0.883. The summed E-state index contributed by atoms with van der Waals surface area (Å²) in [6.07, 6.45) is 0. The Balaban J connectivity index is 2.08. The molecule has 2 rings (SSSR count). The molecular weight excluding hydrogens is 256 g/mol. The van der Waals surface area contributed by atoms with Crippen molar-refractivity contribution in [1.29, 1.82) is 0 Å². The van der Waals surface area contributed by atoms with Gasteiger partial charge in [-0.1, -0.05) is 23.7 Å². The van der Waals surface area contributed by atoms with Crippen LogP contribution >= 0.6 is 11.6 Å². The molecule has 1 atom stereocenters. The van der Waals surface area contributed by atoms with Gasteiger partial charge in [0.05, 0.1) is 6.04 Å². The van der Waals surface area contributed by atoms with Crippen molar-refractivity contribution in [3.63, 3.8) is 0 Å². The van der Waals surface area contributed by atoms with E-state index in [0.717, 1.165) is 5.56 Å². The molecule has 0 radical (unpaired) electrons. The first-order chi connectivity index (χ1) is 8.58. The van der Waals surface area contributed by atoms with Crippen LogP contribution in [0.15, 0.2) is 28.9 Å². The minimum atomic E-state index is -0.434. The van der Waals surface area contributed by atoms with Crippen molar-refractivity contribution in [1.82, 2.24) is 15.6 Å². The first-order valence-electron chi connectivity index (χ1n) is 5.22. The van der Waals surface area contributed by atoms with Gasteiger partial charge in [0.2, 0.25) is 11.5 Å². The van der Waals surface area contributed by atoms with Crippen LogP contribution in [0.2, 0.25) is 5.02 Å². The summed E-state index contributed by atoms with van der Waals surface area (Å²) in [6, 6.07) is 6.97. The topological polar surface area (TPSA) is 94.0 Å². The Morgan fingerprint density at radius 2 is 2.06 bits per heavy atom. The Labute approximate surface area is 108 Å². The monoisotopic (exact) mass is 266 g/mol. The predicted molar refractivity (Wildman–Crippen MR) is 66.0 cm³/mol. The average Bonchev–Trinajstić information content (AvgIpc) is 2.76. The van der Waals surface area contributed by atoms with Gasteiger partial charge in [-0.15, -0.1) is 0 Å². The van der Waals surface area contributed by atoms with Gasteiger partial charge >= 0.3 is 0 Å². The first-order valence-corrected chi connectivity index (χ1v) is 5.60. The van der Waals surface area contributed by atoms with E-state index < -0.39 is 5.91 Å². The fourth-order valence-electron chi connectivity index (χ4n) is 1.45. The summed E-state index contributed by atoms with van der Waals surface area (Å²) in [6.45, 7) is 1.84. The number of nitrogens with zero attached hydrogens (tertiary/aromatic N) is 2. The zero-order valence-corrected chi connectivity index (χ0v) is 10.3. The van der Waals surface area contributed by atoms with Crippen LogP contribution in [0.3, 0.4) is 0 Å². The van der Waals surface area contributed by atoms with Crippen molar-refractivity contribution in [2.24, 2.45) is 0 Å². The van der Waals surface area contributed by atoms with Gasteiger partial charge in [0.1, 0.15) is 0 Å². The Morgan fingerprint density at radius 1 is 1.39 bits per heavy atom. The van der Waals surface area contributed by atoms with Crippen molar-refractivity contribution in [2.75, 3.05) is 5.73 Å². The number of halogens is 1. The highest BCUT2D eigenvalue weighted by atomic mass is 35.5. The Hall–Kier alpha value is -2.08. The zero-order chi connectivity index (χ0) is 13.1. The van der Waals surface area contributed by atoms with E-state index in [4.69, 9.17) is 17.3 Å². The molecule has 0 aliphatic carbocycles. The summed E-state index contributed by atoms with van der Waals surface area (Å²) in [7, 11) is 0. The lowest BCUT2D eigenvalue weighted by atomic mass is 10.1. The highest BCUT2D eigenvalue weighted by molar-refractivity contribution is 6.30. The number of hydrogen-bond donors (Lipinski definition) is 2. The van der Waals surface area contributed by atoms with E-state index in [2.05, 4.69) is 20.3 Å². The summed E-state index contributed by atoms with van der Waals surface area (Å²) in [5.41, 5.74) is 6.33. The number of carbonyl (C=O) groups is 1. The lowest BCUT2D eigenvalue weighted by molar-refractivity contribution is 0.0930. The smallest absolute Gasteiger partial charge is 0.277 e. The van der Waals surface area contributed by atoms with Gasteiger partial charge in [0.15, 0.2) is 0 Å². The zero-order valence-electron chi connectivity index (χ0n) is 9.55. The number of hydrogen-bond acceptors (Lipinski definition) is 5. The van der Waals surface area contributed by atoms with E-state index in [1.54, 1.807) is 12.1 Å². The van der Waals surface area contributed by atoms with Crippen LogP contribution < -0.4 is 11.1 Å². The van der Waals surface area contributed by atoms with E-state index in [0.29, 0.717) is 5.02 Å². The molecule has 0 saturated carbocycles. The van der Waals surface area contributed by atoms with Crippen molar-refractivity contribution in [3.05, 3.63) is 40.5 Å².